The molecule has 0 amide bonds. The van der Waals surface area contributed by atoms with Crippen LogP contribution < -0.4 is 0 Å². The summed E-state index contributed by atoms with van der Waals surface area (Å²) in [4.78, 5) is 0. The van der Waals surface area contributed by atoms with Crippen LogP contribution in [0.3, 0.4) is 0 Å². The number of allylic oxidation sites excluding steroid dienone is 2. The smallest absolute Gasteiger partial charge is 0.493 e. The third-order valence-electron chi connectivity index (χ3n) is 9.37. The topological polar surface area (TPSA) is 25.3 Å². The molecule has 2 nitrogen and oxygen atoms in total. The van der Waals surface area contributed by atoms with Gasteiger partial charge in [0.1, 0.15) is 0 Å². The van der Waals surface area contributed by atoms with E-state index in [1.165, 1.54) is 90.3 Å². The fourth-order valence-electron chi connectivity index (χ4n) is 7.34. The number of benzene rings is 2. The Labute approximate surface area is 315 Å². The van der Waals surface area contributed by atoms with Crippen LogP contribution in [0, 0.1) is 13.8 Å². The van der Waals surface area contributed by atoms with Gasteiger partial charge < -0.3 is 19.4 Å². The van der Waals surface area contributed by atoms with Crippen LogP contribution in [0.2, 0.25) is 0 Å². The van der Waals surface area contributed by atoms with Crippen LogP contribution >= 0.6 is 0 Å². The second kappa shape index (κ2) is 27.7. The molecule has 0 atom stereocenters. The molecular formula is C46H74N2Ni. The fourth-order valence-corrected chi connectivity index (χ4v) is 7.34. The van der Waals surface area contributed by atoms with E-state index in [1.54, 1.807) is 29.7 Å². The molecule has 1 aliphatic rings. The van der Waals surface area contributed by atoms with E-state index in [0.717, 1.165) is 82.0 Å². The molecule has 0 radical (unpaired) electrons. The molecule has 49 heavy (non-hydrogen) atoms. The first-order valence-corrected chi connectivity index (χ1v) is 20.1. The van der Waals surface area contributed by atoms with Crippen molar-refractivity contribution in [2.45, 2.75) is 184 Å². The Morgan fingerprint density at radius 3 is 1.22 bits per heavy atom. The molecular weight excluding hydrogens is 639 g/mol. The van der Waals surface area contributed by atoms with Crippen LogP contribution in [0.25, 0.3) is 16.9 Å². The molecule has 2 aromatic rings. The molecule has 1 aliphatic heterocycles. The summed E-state index contributed by atoms with van der Waals surface area (Å²) in [6.07, 6.45) is 24.7. The van der Waals surface area contributed by atoms with Crippen molar-refractivity contribution in [3.8, 4) is 0 Å². The van der Waals surface area contributed by atoms with E-state index in [2.05, 4.69) is 92.7 Å². The first-order valence-electron chi connectivity index (χ1n) is 20.1. The van der Waals surface area contributed by atoms with Gasteiger partial charge in [-0.3, -0.25) is 0 Å². The number of rotatable bonds is 21. The van der Waals surface area contributed by atoms with Crippen LogP contribution in [0.1, 0.15) is 190 Å². The maximum absolute atomic E-state index is 12.1. The molecule has 278 valence electrons. The molecule has 3 heteroatoms. The van der Waals surface area contributed by atoms with Crippen molar-refractivity contribution in [1.82, 2.24) is 0 Å². The van der Waals surface area contributed by atoms with Gasteiger partial charge in [-0.1, -0.05) is 119 Å². The Bertz CT molecular complexity index is 1230. The van der Waals surface area contributed by atoms with Gasteiger partial charge in [0.25, 0.3) is 0 Å². The second-order valence-electron chi connectivity index (χ2n) is 13.3. The maximum Gasteiger partial charge on any atom is 2.00 e. The number of unbranched alkanes of at least 4 members (excludes halogenated alkanes) is 5. The van der Waals surface area contributed by atoms with Crippen LogP contribution in [0.5, 0.6) is 0 Å². The minimum Gasteiger partial charge on any atom is -0.493 e. The molecule has 0 bridgehead atoms. The normalized spacial score (nSPS) is 12.2. The van der Waals surface area contributed by atoms with E-state index >= 15 is 0 Å². The predicted molar refractivity (Wildman–Crippen MR) is 215 cm³/mol. The Balaban J connectivity index is 0.00000444. The van der Waals surface area contributed by atoms with Gasteiger partial charge in [0.05, 0.1) is 0 Å². The minimum absolute atomic E-state index is 0. The van der Waals surface area contributed by atoms with E-state index in [9.17, 15) is 5.53 Å². The van der Waals surface area contributed by atoms with Crippen molar-refractivity contribution in [1.29, 1.82) is 0 Å². The zero-order valence-electron chi connectivity index (χ0n) is 33.4. The van der Waals surface area contributed by atoms with E-state index < -0.39 is 0 Å². The van der Waals surface area contributed by atoms with Crippen LogP contribution in [-0.2, 0) is 55.0 Å². The summed E-state index contributed by atoms with van der Waals surface area (Å²) >= 11 is 0. The number of hydrogen-bond donors (Lipinski definition) is 0. The van der Waals surface area contributed by atoms with Crippen molar-refractivity contribution in [3.05, 3.63) is 99.8 Å². The van der Waals surface area contributed by atoms with Gasteiger partial charge in [-0.2, -0.15) is 13.8 Å². The summed E-state index contributed by atoms with van der Waals surface area (Å²) in [7, 11) is 0. The van der Waals surface area contributed by atoms with Gasteiger partial charge in [0, 0.05) is 22.8 Å². The number of hydrogen-bond acceptors (Lipinski definition) is 0. The van der Waals surface area contributed by atoms with Gasteiger partial charge in [-0.25, -0.2) is 4.70 Å². The van der Waals surface area contributed by atoms with Gasteiger partial charge in [0.2, 0.25) is 11.4 Å². The van der Waals surface area contributed by atoms with Crippen LogP contribution in [0.15, 0.2) is 35.9 Å². The molecule has 0 spiro atoms. The van der Waals surface area contributed by atoms with E-state index in [-0.39, 0.29) is 16.5 Å². The summed E-state index contributed by atoms with van der Waals surface area (Å²) in [6, 6.07) is 9.67. The molecule has 0 aromatic heterocycles. The summed E-state index contributed by atoms with van der Waals surface area (Å²) < 4.78 is 1.58. The molecule has 0 saturated heterocycles. The maximum atomic E-state index is 12.1. The van der Waals surface area contributed by atoms with Crippen molar-refractivity contribution in [3.63, 3.8) is 0 Å². The Morgan fingerprint density at radius 2 is 0.837 bits per heavy atom. The Morgan fingerprint density at radius 1 is 0.469 bits per heavy atom. The Hall–Kier alpha value is -1.99. The summed E-state index contributed by atoms with van der Waals surface area (Å²) in [5.41, 5.74) is 26.9. The van der Waals surface area contributed by atoms with Crippen molar-refractivity contribution in [2.24, 2.45) is 0 Å². The molecule has 3 rings (SSSR count). The average molecular weight is 714 g/mol. The molecule has 2 aromatic carbocycles. The first kappa shape index (κ1) is 47.0. The molecule has 0 aliphatic carbocycles. The predicted octanol–water partition coefficient (Wildman–Crippen LogP) is 14.6. The van der Waals surface area contributed by atoms with Crippen LogP contribution in [-0.4, -0.2) is 4.70 Å². The van der Waals surface area contributed by atoms with Crippen molar-refractivity contribution in [2.75, 3.05) is 0 Å². The minimum atomic E-state index is 0. The second-order valence-corrected chi connectivity index (χ2v) is 13.3. The number of aryl methyl sites for hydroxylation is 4. The summed E-state index contributed by atoms with van der Waals surface area (Å²) in [5, 5.41) is 0. The standard InChI is InChI=1S/C42H64N2.2C2H5.Ni/c1-8-15-16-17-18-19-26-36-31-41(37-27-32(20-9-2)39(24-13-6)33(28-37)21-10-3)44(43)42(36)38-29-34(22-11-4)40(25-14-7)35(30-38)23-12-5;2*1-2;/h27-31H,8-26H2,1-7H3;2*1H2,2H3;/q;2*-1;+2. The van der Waals surface area contributed by atoms with Gasteiger partial charge >= 0.3 is 16.5 Å². The zero-order chi connectivity index (χ0) is 35.9. The van der Waals surface area contributed by atoms with Gasteiger partial charge in [0.15, 0.2) is 0 Å². The van der Waals surface area contributed by atoms with Gasteiger partial charge in [-0.05, 0) is 109 Å². The van der Waals surface area contributed by atoms with Crippen LogP contribution in [0.4, 0.5) is 0 Å². The quantitative estimate of drug-likeness (QED) is 0.0533. The molecule has 0 N–H and O–H groups in total. The van der Waals surface area contributed by atoms with E-state index in [1.807, 2.05) is 0 Å². The third kappa shape index (κ3) is 13.9. The van der Waals surface area contributed by atoms with Crippen molar-refractivity contribution < 1.29 is 21.2 Å². The third-order valence-corrected chi connectivity index (χ3v) is 9.37. The summed E-state index contributed by atoms with van der Waals surface area (Å²) in [5.74, 6) is 0. The zero-order valence-corrected chi connectivity index (χ0v) is 34.4. The van der Waals surface area contributed by atoms with E-state index in [0.29, 0.717) is 0 Å². The molecule has 0 fully saturated rings. The summed E-state index contributed by atoms with van der Waals surface area (Å²) in [6.45, 7) is 26.1. The van der Waals surface area contributed by atoms with E-state index in [4.69, 9.17) is 0 Å². The average Bonchev–Trinajstić information content (AvgIpc) is 3.43. The SMILES string of the molecule is CCCCCCCCC1=C(c2cc(CCC)c(CCC)c(CCC)c2)[N+](=[N-])C(c2cc(CCC)c(CCC)c(CCC)c2)=C1.[CH2-]C.[CH2-]C.[Ni+2]. The largest absolute Gasteiger partial charge is 2.00 e. The fraction of sp³-hybridized carbons (Fsp3) is 0.609. The molecule has 0 saturated carbocycles. The van der Waals surface area contributed by atoms with Gasteiger partial charge in [-0.15, -0.1) is 0 Å². The number of nitrogens with zero attached hydrogens (tertiary/aromatic N) is 2. The monoisotopic (exact) mass is 713 g/mol. The first-order chi connectivity index (χ1) is 23.5. The molecule has 0 unspecified atom stereocenters. The molecule has 1 heterocycles. The van der Waals surface area contributed by atoms with Crippen molar-refractivity contribution >= 4 is 11.4 Å². The Kier molecular flexibility index (Phi) is 26.6.